The summed E-state index contributed by atoms with van der Waals surface area (Å²) < 4.78 is 0. The molecule has 0 saturated heterocycles. The second-order valence-corrected chi connectivity index (χ2v) is 1.37. The molecule has 0 unspecified atom stereocenters. The number of nitrogens with zero attached hydrogens (tertiary/aromatic N) is 1. The van der Waals surface area contributed by atoms with Crippen molar-refractivity contribution in [2.45, 2.75) is 0 Å². The Morgan fingerprint density at radius 1 is 1.88 bits per heavy atom. The van der Waals surface area contributed by atoms with Gasteiger partial charge in [-0.1, -0.05) is 6.58 Å². The first kappa shape index (κ1) is 4.90. The van der Waals surface area contributed by atoms with Crippen molar-refractivity contribution in [1.29, 1.82) is 0 Å². The standard InChI is InChI=1S/C5H6N2O/c1-2-4-3-6-5(8)7-4/h2-3H,1H2,(H2,6,7,8). The first-order valence-corrected chi connectivity index (χ1v) is 2.19. The number of aromatic amines is 1. The van der Waals surface area contributed by atoms with Gasteiger partial charge in [-0.15, -0.1) is 0 Å². The van der Waals surface area contributed by atoms with Crippen LogP contribution in [0.1, 0.15) is 5.69 Å². The minimum atomic E-state index is -0.0695. The lowest BCUT2D eigenvalue weighted by atomic mass is 10.5. The maximum Gasteiger partial charge on any atom is 0.291 e. The molecule has 0 aliphatic carbocycles. The average molecular weight is 110 g/mol. The van der Waals surface area contributed by atoms with Crippen LogP contribution in [0.15, 0.2) is 12.8 Å². The van der Waals surface area contributed by atoms with Crippen molar-refractivity contribution in [3.05, 3.63) is 18.5 Å². The average Bonchev–Trinajstić information content (AvgIpc) is 2.14. The predicted octanol–water partition coefficient (Wildman–Crippen LogP) is 0.758. The van der Waals surface area contributed by atoms with E-state index in [0.717, 1.165) is 5.69 Å². The van der Waals surface area contributed by atoms with Gasteiger partial charge in [-0.3, -0.25) is 0 Å². The number of nitrogens with one attached hydrogen (secondary N) is 1. The topological polar surface area (TPSA) is 48.9 Å². The van der Waals surface area contributed by atoms with Crippen molar-refractivity contribution in [1.82, 2.24) is 9.97 Å². The third-order valence-electron chi connectivity index (χ3n) is 0.802. The Labute approximate surface area is 46.7 Å². The molecule has 0 aromatic carbocycles. The van der Waals surface area contributed by atoms with E-state index in [1.54, 1.807) is 6.08 Å². The van der Waals surface area contributed by atoms with E-state index in [1.807, 2.05) is 0 Å². The fraction of sp³-hybridized carbons (Fsp3) is 0. The lowest BCUT2D eigenvalue weighted by molar-refractivity contribution is 0.436. The molecule has 0 saturated carbocycles. The molecular formula is C5H6N2O. The molecular weight excluding hydrogens is 104 g/mol. The van der Waals surface area contributed by atoms with Gasteiger partial charge in [0.05, 0.1) is 11.9 Å². The fourth-order valence-corrected chi connectivity index (χ4v) is 0.428. The van der Waals surface area contributed by atoms with Crippen LogP contribution in [0.3, 0.4) is 0 Å². The fourth-order valence-electron chi connectivity index (χ4n) is 0.428. The molecule has 0 aliphatic heterocycles. The third-order valence-corrected chi connectivity index (χ3v) is 0.802. The second-order valence-electron chi connectivity index (χ2n) is 1.37. The van der Waals surface area contributed by atoms with Crippen molar-refractivity contribution in [2.24, 2.45) is 0 Å². The normalized spacial score (nSPS) is 9.00. The molecule has 0 amide bonds. The van der Waals surface area contributed by atoms with Crippen molar-refractivity contribution in [3.8, 4) is 6.01 Å². The second kappa shape index (κ2) is 1.69. The Balaban J connectivity index is 3.00. The number of aromatic nitrogens is 2. The van der Waals surface area contributed by atoms with Crippen LogP contribution in [0.25, 0.3) is 6.08 Å². The van der Waals surface area contributed by atoms with Gasteiger partial charge in [0, 0.05) is 0 Å². The highest BCUT2D eigenvalue weighted by Gasteiger charge is 1.89. The van der Waals surface area contributed by atoms with Gasteiger partial charge in [-0.05, 0) is 6.08 Å². The van der Waals surface area contributed by atoms with Crippen LogP contribution >= 0.6 is 0 Å². The molecule has 0 atom stereocenters. The smallest absolute Gasteiger partial charge is 0.291 e. The summed E-state index contributed by atoms with van der Waals surface area (Å²) >= 11 is 0. The highest BCUT2D eigenvalue weighted by Crippen LogP contribution is 2.01. The third kappa shape index (κ3) is 0.703. The van der Waals surface area contributed by atoms with Gasteiger partial charge < -0.3 is 10.1 Å². The van der Waals surface area contributed by atoms with E-state index in [2.05, 4.69) is 16.5 Å². The minimum absolute atomic E-state index is 0.0695. The Hall–Kier alpha value is -1.25. The molecule has 0 fully saturated rings. The van der Waals surface area contributed by atoms with Gasteiger partial charge in [0.25, 0.3) is 6.01 Å². The Kier molecular flexibility index (Phi) is 1.04. The molecule has 1 aromatic rings. The van der Waals surface area contributed by atoms with Crippen LogP contribution in [0, 0.1) is 0 Å². The first-order valence-electron chi connectivity index (χ1n) is 2.19. The monoisotopic (exact) mass is 110 g/mol. The number of hydrogen-bond donors (Lipinski definition) is 2. The molecule has 0 bridgehead atoms. The minimum Gasteiger partial charge on any atom is -0.480 e. The van der Waals surface area contributed by atoms with Gasteiger partial charge in [-0.2, -0.15) is 0 Å². The molecule has 1 heterocycles. The number of rotatable bonds is 1. The van der Waals surface area contributed by atoms with Crippen LogP contribution < -0.4 is 0 Å². The van der Waals surface area contributed by atoms with Crippen LogP contribution in [0.2, 0.25) is 0 Å². The lowest BCUT2D eigenvalue weighted by Crippen LogP contribution is -1.64. The number of imidazole rings is 1. The summed E-state index contributed by atoms with van der Waals surface area (Å²) in [5, 5.41) is 8.57. The van der Waals surface area contributed by atoms with Crippen LogP contribution in [0.5, 0.6) is 6.01 Å². The summed E-state index contributed by atoms with van der Waals surface area (Å²) in [5.74, 6) is 0. The van der Waals surface area contributed by atoms with Crippen LogP contribution in [0.4, 0.5) is 0 Å². The predicted molar refractivity (Wildman–Crippen MR) is 30.3 cm³/mol. The summed E-state index contributed by atoms with van der Waals surface area (Å²) in [6.07, 6.45) is 3.08. The molecule has 0 radical (unpaired) electrons. The van der Waals surface area contributed by atoms with Crippen molar-refractivity contribution >= 4 is 6.08 Å². The van der Waals surface area contributed by atoms with E-state index >= 15 is 0 Å². The van der Waals surface area contributed by atoms with Crippen molar-refractivity contribution < 1.29 is 5.11 Å². The number of aromatic hydroxyl groups is 1. The highest BCUT2D eigenvalue weighted by atomic mass is 16.3. The van der Waals surface area contributed by atoms with E-state index in [9.17, 15) is 0 Å². The molecule has 3 heteroatoms. The summed E-state index contributed by atoms with van der Waals surface area (Å²) in [6.45, 7) is 3.46. The highest BCUT2D eigenvalue weighted by molar-refractivity contribution is 5.40. The molecule has 3 nitrogen and oxygen atoms in total. The van der Waals surface area contributed by atoms with Gasteiger partial charge >= 0.3 is 0 Å². The SMILES string of the molecule is C=Cc1cnc(O)[nH]1. The molecule has 1 aromatic heterocycles. The van der Waals surface area contributed by atoms with Gasteiger partial charge in [0.1, 0.15) is 0 Å². The summed E-state index contributed by atoms with van der Waals surface area (Å²) in [6, 6.07) is -0.0695. The molecule has 0 spiro atoms. The largest absolute Gasteiger partial charge is 0.480 e. The lowest BCUT2D eigenvalue weighted by Gasteiger charge is -1.76. The summed E-state index contributed by atoms with van der Waals surface area (Å²) in [7, 11) is 0. The van der Waals surface area contributed by atoms with Crippen molar-refractivity contribution in [2.75, 3.05) is 0 Å². The van der Waals surface area contributed by atoms with Crippen LogP contribution in [-0.4, -0.2) is 15.1 Å². The van der Waals surface area contributed by atoms with E-state index in [0.29, 0.717) is 0 Å². The maximum absolute atomic E-state index is 8.57. The molecule has 1 rings (SSSR count). The van der Waals surface area contributed by atoms with Crippen molar-refractivity contribution in [3.63, 3.8) is 0 Å². The zero-order valence-corrected chi connectivity index (χ0v) is 4.26. The van der Waals surface area contributed by atoms with Gasteiger partial charge in [-0.25, -0.2) is 4.98 Å². The molecule has 8 heavy (non-hydrogen) atoms. The van der Waals surface area contributed by atoms with E-state index in [1.165, 1.54) is 6.20 Å². The Morgan fingerprint density at radius 3 is 2.88 bits per heavy atom. The Bertz CT molecular complexity index is 192. The maximum atomic E-state index is 8.57. The quantitative estimate of drug-likeness (QED) is 0.560. The Morgan fingerprint density at radius 2 is 2.62 bits per heavy atom. The van der Waals surface area contributed by atoms with E-state index < -0.39 is 0 Å². The molecule has 42 valence electrons. The molecule has 0 aliphatic rings. The first-order chi connectivity index (χ1) is 3.83. The number of H-pyrrole nitrogens is 1. The summed E-state index contributed by atoms with van der Waals surface area (Å²) in [5.41, 5.74) is 0.725. The van der Waals surface area contributed by atoms with Gasteiger partial charge in [0.15, 0.2) is 0 Å². The van der Waals surface area contributed by atoms with E-state index in [4.69, 9.17) is 5.11 Å². The number of hydrogen-bond acceptors (Lipinski definition) is 2. The van der Waals surface area contributed by atoms with E-state index in [-0.39, 0.29) is 6.01 Å². The van der Waals surface area contributed by atoms with Gasteiger partial charge in [0.2, 0.25) is 0 Å². The zero-order chi connectivity index (χ0) is 5.98. The zero-order valence-electron chi connectivity index (χ0n) is 4.26. The molecule has 2 N–H and O–H groups in total. The summed E-state index contributed by atoms with van der Waals surface area (Å²) in [4.78, 5) is 6.07. The van der Waals surface area contributed by atoms with Crippen LogP contribution in [-0.2, 0) is 0 Å².